The number of benzene rings is 8. The van der Waals surface area contributed by atoms with Crippen molar-refractivity contribution in [2.24, 2.45) is 10.9 Å². The number of carbonyl (C=O) groups is 5. The molecule has 0 saturated carbocycles. The van der Waals surface area contributed by atoms with Crippen molar-refractivity contribution in [2.45, 2.75) is 57.8 Å². The number of hydrogen-bond acceptors (Lipinski definition) is 18. The molecule has 109 heavy (non-hydrogen) atoms. The normalized spacial score (nSPS) is 13.3. The predicted molar refractivity (Wildman–Crippen MR) is 385 cm³/mol. The van der Waals surface area contributed by atoms with Crippen LogP contribution in [0.1, 0.15) is 94.8 Å². The van der Waals surface area contributed by atoms with Gasteiger partial charge in [0, 0.05) is 24.4 Å². The topological polar surface area (TPSA) is 311 Å². The largest absolute Gasteiger partial charge is 1.00 e. The monoisotopic (exact) mass is 1610 g/mol. The van der Waals surface area contributed by atoms with Gasteiger partial charge in [0.2, 0.25) is 0 Å². The molecular weight excluding hydrogens is 1550 g/mol. The number of esters is 2. The van der Waals surface area contributed by atoms with Crippen molar-refractivity contribution in [3.63, 3.8) is 0 Å². The van der Waals surface area contributed by atoms with Crippen LogP contribution in [0.2, 0.25) is 5.02 Å². The summed E-state index contributed by atoms with van der Waals surface area (Å²) in [6, 6.07) is 46.7. The average molecular weight is 1610 g/mol. The molecule has 0 fully saturated rings. The number of ether oxygens (including phenoxy) is 5. The van der Waals surface area contributed by atoms with Crippen LogP contribution in [0.15, 0.2) is 198 Å². The summed E-state index contributed by atoms with van der Waals surface area (Å²) in [6.07, 6.45) is -12.3. The number of carboxylic acids is 1. The Labute approximate surface area is 655 Å². The summed E-state index contributed by atoms with van der Waals surface area (Å²) in [7, 11) is 0. The van der Waals surface area contributed by atoms with E-state index < -0.39 is 94.4 Å². The second-order valence-corrected chi connectivity index (χ2v) is 23.3. The van der Waals surface area contributed by atoms with Crippen molar-refractivity contribution in [2.75, 3.05) is 56.0 Å². The molecule has 2 unspecified atom stereocenters. The fourth-order valence-electron chi connectivity index (χ4n) is 9.97. The number of fused-ring (bicyclic) bond motifs is 2. The van der Waals surface area contributed by atoms with Gasteiger partial charge in [-0.2, -0.15) is 49.1 Å². The molecule has 3 aliphatic rings. The van der Waals surface area contributed by atoms with Crippen molar-refractivity contribution in [1.29, 1.82) is 0 Å². The van der Waals surface area contributed by atoms with Gasteiger partial charge >= 0.3 is 72.1 Å². The molecule has 21 nitrogen and oxygen atoms in total. The van der Waals surface area contributed by atoms with Crippen LogP contribution in [0.4, 0.5) is 56.6 Å². The Morgan fingerprint density at radius 3 is 1.69 bits per heavy atom. The number of anilines is 2. The van der Waals surface area contributed by atoms with E-state index in [1.54, 1.807) is 93.6 Å². The second kappa shape index (κ2) is 42.8. The Morgan fingerprint density at radius 2 is 1.17 bits per heavy atom. The van der Waals surface area contributed by atoms with Crippen molar-refractivity contribution >= 4 is 105 Å². The SMILES string of the molecule is CCOC(=O)C(CC)C(=O)OCC.FC(F)(F)c1ccc(C2=Nc3ccccc3OC2)cc1.FC(F)(F)c1ccc(C2COc3ccccc3N2)cc1.Nc1ccccc1O.O=C(CBr)c1ccc(C(F)(F)F)cc1.O=C(O)CNC(=O)c1c(O)c2cccc3c2n(c1=O)C(c1ccc(Cl)cc1)CO3.O=C=O.[B].[H-].[Na+]. The number of nitrogens with one attached hydrogen (secondary N) is 2. The zero-order valence-corrected chi connectivity index (χ0v) is 62.5. The van der Waals surface area contributed by atoms with Crippen LogP contribution in [0.25, 0.3) is 10.9 Å². The molecule has 2 atom stereocenters. The Kier molecular flexibility index (Phi) is 35.6. The second-order valence-electron chi connectivity index (χ2n) is 22.3. The number of phenols is 1. The summed E-state index contributed by atoms with van der Waals surface area (Å²) in [5, 5.41) is 34.5. The quantitative estimate of drug-likeness (QED) is 0.00913. The van der Waals surface area contributed by atoms with Gasteiger partial charge in [-0.25, -0.2) is 4.99 Å². The zero-order chi connectivity index (χ0) is 78.8. The number of carboxylic acid groups (broad SMARTS) is 1. The smallest absolute Gasteiger partial charge is 1.00 e. The fourth-order valence-corrected chi connectivity index (χ4v) is 10.4. The molecule has 0 spiro atoms. The third-order valence-corrected chi connectivity index (χ3v) is 16.0. The fraction of sp³-hybridized carbons (Fsp3) is 0.227. The zero-order valence-electron chi connectivity index (χ0n) is 59.1. The Hall–Kier alpha value is -10.6. The molecule has 1 aromatic heterocycles. The molecule has 9 aromatic rings. The summed E-state index contributed by atoms with van der Waals surface area (Å²) in [5.74, 6) is -2.76. The number of aliphatic carboxylic acids is 1. The van der Waals surface area contributed by atoms with Crippen molar-refractivity contribution in [3.8, 4) is 28.7 Å². The maximum absolute atomic E-state index is 13.3. The molecular formula is C75H67BBrClF9N5NaO16. The number of amides is 1. The number of aromatic hydroxyl groups is 2. The molecule has 0 saturated heterocycles. The first-order chi connectivity index (χ1) is 50.8. The van der Waals surface area contributed by atoms with Crippen LogP contribution in [0, 0.1) is 5.92 Å². The first kappa shape index (κ1) is 90.8. The van der Waals surface area contributed by atoms with Gasteiger partial charge in [-0.15, -0.1) is 0 Å². The number of nitrogen functional groups attached to an aromatic ring is 1. The minimum absolute atomic E-state index is 0. The third-order valence-electron chi connectivity index (χ3n) is 15.2. The molecule has 12 rings (SSSR count). The Balaban J connectivity index is 0.000000350. The van der Waals surface area contributed by atoms with Gasteiger partial charge in [0.15, 0.2) is 11.7 Å². The summed E-state index contributed by atoms with van der Waals surface area (Å²) in [6.45, 7) is 5.83. The maximum atomic E-state index is 13.3. The number of para-hydroxylation sites is 7. The number of hydrogen-bond donors (Lipinski definition) is 6. The first-order valence-electron chi connectivity index (χ1n) is 31.8. The van der Waals surface area contributed by atoms with Crippen molar-refractivity contribution in [1.82, 2.24) is 9.88 Å². The molecule has 0 aliphatic carbocycles. The standard InChI is InChI=1S/C20H15ClN2O6.C15H12F3NO.C15H10F3NO.C9H6BrF3O.C9H16O4.C6H7NO.CO2.B.Na.H/c21-11-6-4-10(5-7-11)13-9-29-14-3-1-2-12-17(14)23(13)20(28)16(18(12)26)19(27)22-8-15(24)25;2*16-15(17,18)11-7-5-10(6-8-11)13-9-20-14-4-2-1-3-12(14)19-13;10-5-8(14)6-1-3-7(4-2-6)9(11,12)13;1-4-7(8(10)12-5-2)9(11)13-6-3;7-5-3-1-2-4-6(5)8;2-1-3;;;/h1-7,13,26H,8-9H2,(H,22,27)(H,24,25);1-8,13,19H,9H2;1-8H,9H2;1-4H,5H2;7H,4-6H2,1-3H3;1-4,8H,7H2;;;;/q;;;;;;;;+1;-1. The average Bonchev–Trinajstić information content (AvgIpc) is 0.729. The minimum atomic E-state index is -4.35. The van der Waals surface area contributed by atoms with Gasteiger partial charge in [-0.1, -0.05) is 125 Å². The van der Waals surface area contributed by atoms with Gasteiger partial charge in [0.25, 0.3) is 11.5 Å². The van der Waals surface area contributed by atoms with E-state index in [9.17, 15) is 73.4 Å². The Bertz CT molecular complexity index is 4640. The van der Waals surface area contributed by atoms with E-state index in [1.165, 1.54) is 41.0 Å². The van der Waals surface area contributed by atoms with E-state index in [2.05, 4.69) is 31.6 Å². The Morgan fingerprint density at radius 1 is 0.679 bits per heavy atom. The number of Topliss-reactive ketones (excluding diaryl/α,β-unsaturated/α-hetero) is 1. The number of nitrogens with zero attached hydrogens (tertiary/aromatic N) is 2. The van der Waals surface area contributed by atoms with Crippen LogP contribution in [0.3, 0.4) is 0 Å². The molecule has 0 bridgehead atoms. The van der Waals surface area contributed by atoms with Crippen LogP contribution < -0.4 is 65.7 Å². The van der Waals surface area contributed by atoms with E-state index >= 15 is 0 Å². The van der Waals surface area contributed by atoms with Gasteiger partial charge in [0.05, 0.1) is 69.9 Å². The van der Waals surface area contributed by atoms with Gasteiger partial charge in [0.1, 0.15) is 66.4 Å². The van der Waals surface area contributed by atoms with E-state index in [4.69, 9.17) is 60.8 Å². The van der Waals surface area contributed by atoms with Crippen LogP contribution in [-0.2, 0) is 52.0 Å². The van der Waals surface area contributed by atoms with E-state index in [0.29, 0.717) is 57.7 Å². The molecule has 3 radical (unpaired) electrons. The number of ketones is 1. The number of phenolic OH excluding ortho intramolecular Hbond substituents is 1. The number of rotatable bonds is 13. The van der Waals surface area contributed by atoms with Gasteiger partial charge < -0.3 is 56.8 Å². The van der Waals surface area contributed by atoms with E-state index in [1.807, 2.05) is 42.5 Å². The van der Waals surface area contributed by atoms with Crippen LogP contribution >= 0.6 is 27.5 Å². The molecule has 3 aliphatic heterocycles. The molecule has 1 amide bonds. The predicted octanol–water partition coefficient (Wildman–Crippen LogP) is 12.2. The maximum Gasteiger partial charge on any atom is 1.00 e. The van der Waals surface area contributed by atoms with Crippen molar-refractivity contribution in [3.05, 3.63) is 248 Å². The number of aliphatic imine (C=N–C) groups is 1. The third kappa shape index (κ3) is 26.1. The number of aromatic nitrogens is 1. The van der Waals surface area contributed by atoms with Crippen LogP contribution in [-0.4, -0.2) is 115 Å². The molecule has 4 heterocycles. The summed E-state index contributed by atoms with van der Waals surface area (Å²) >= 11 is 8.90. The number of pyridine rings is 1. The van der Waals surface area contributed by atoms with E-state index in [0.717, 1.165) is 59.0 Å². The minimum Gasteiger partial charge on any atom is -1.00 e. The summed E-state index contributed by atoms with van der Waals surface area (Å²) in [5.41, 5.74) is 7.31. The molecule has 8 aromatic carbocycles. The number of halogens is 11. The van der Waals surface area contributed by atoms with Gasteiger partial charge in [-0.05, 0) is 134 Å². The van der Waals surface area contributed by atoms with Crippen LogP contribution in [0.5, 0.6) is 28.7 Å². The first-order valence-corrected chi connectivity index (χ1v) is 33.3. The summed E-state index contributed by atoms with van der Waals surface area (Å²) < 4.78 is 139. The summed E-state index contributed by atoms with van der Waals surface area (Å²) in [4.78, 5) is 90.6. The number of alkyl halides is 10. The number of nitrogens with two attached hydrogens (primary N) is 1. The molecule has 7 N–H and O–H groups in total. The molecule has 34 heteroatoms. The van der Waals surface area contributed by atoms with Gasteiger partial charge in [-0.3, -0.25) is 33.3 Å². The van der Waals surface area contributed by atoms with E-state index in [-0.39, 0.29) is 106 Å². The molecule has 569 valence electrons. The number of carbonyl (C=O) groups excluding carboxylic acids is 6. The van der Waals surface area contributed by atoms with Crippen molar-refractivity contribution < 1.29 is 143 Å².